The average Bonchev–Trinajstić information content (AvgIpc) is 2.80. The molecule has 0 atom stereocenters. The zero-order valence-electron chi connectivity index (χ0n) is 23.3. The first-order valence-corrected chi connectivity index (χ1v) is 14.4. The fourth-order valence-electron chi connectivity index (χ4n) is 4.21. The van der Waals surface area contributed by atoms with Crippen LogP contribution in [0.25, 0.3) is 0 Å². The number of ether oxygens (including phenoxy) is 2. The summed E-state index contributed by atoms with van der Waals surface area (Å²) in [5.41, 5.74) is 0.958. The van der Waals surface area contributed by atoms with E-state index in [1.807, 2.05) is 12.1 Å². The van der Waals surface area contributed by atoms with Gasteiger partial charge in [-0.3, -0.25) is 9.59 Å². The molecule has 0 aliphatic rings. The smallest absolute Gasteiger partial charge is 0.311 e. The van der Waals surface area contributed by atoms with Gasteiger partial charge in [-0.05, 0) is 49.1 Å². The molecule has 0 saturated carbocycles. The summed E-state index contributed by atoms with van der Waals surface area (Å²) >= 11 is 0. The van der Waals surface area contributed by atoms with Crippen LogP contribution in [0, 0.1) is 11.8 Å². The summed E-state index contributed by atoms with van der Waals surface area (Å²) in [6.45, 7) is 11.0. The van der Waals surface area contributed by atoms with Crippen LogP contribution in [0.4, 0.5) is 0 Å². The molecule has 35 heavy (non-hydrogen) atoms. The van der Waals surface area contributed by atoms with E-state index in [0.29, 0.717) is 36.2 Å². The van der Waals surface area contributed by atoms with E-state index in [1.165, 1.54) is 32.1 Å². The number of hydrogen-bond acceptors (Lipinski definition) is 4. The second kappa shape index (κ2) is 19.4. The highest BCUT2D eigenvalue weighted by Crippen LogP contribution is 2.33. The molecule has 0 heterocycles. The Kier molecular flexibility index (Phi) is 17.3. The molecule has 0 aliphatic carbocycles. The topological polar surface area (TPSA) is 52.6 Å². The van der Waals surface area contributed by atoms with Gasteiger partial charge in [0.05, 0.1) is 0 Å². The van der Waals surface area contributed by atoms with Gasteiger partial charge in [-0.25, -0.2) is 0 Å². The zero-order chi connectivity index (χ0) is 25.9. The lowest BCUT2D eigenvalue weighted by molar-refractivity contribution is -0.137. The van der Waals surface area contributed by atoms with Crippen LogP contribution in [0.1, 0.15) is 136 Å². The summed E-state index contributed by atoms with van der Waals surface area (Å²) in [6, 6.07) is 5.65. The first-order chi connectivity index (χ1) is 16.8. The van der Waals surface area contributed by atoms with Crippen LogP contribution < -0.4 is 9.47 Å². The molecule has 0 aliphatic heterocycles. The van der Waals surface area contributed by atoms with Crippen molar-refractivity contribution in [2.24, 2.45) is 11.8 Å². The molecule has 0 N–H and O–H groups in total. The Balaban J connectivity index is 2.75. The van der Waals surface area contributed by atoms with Gasteiger partial charge in [-0.15, -0.1) is 0 Å². The maximum atomic E-state index is 12.6. The van der Waals surface area contributed by atoms with Crippen molar-refractivity contribution in [2.45, 2.75) is 137 Å². The molecular weight excluding hydrogens is 436 g/mol. The van der Waals surface area contributed by atoms with Crippen LogP contribution in [-0.4, -0.2) is 11.9 Å². The van der Waals surface area contributed by atoms with Gasteiger partial charge in [0.25, 0.3) is 0 Å². The number of esters is 2. The standard InChI is InChI=1S/C31H52O4/c1-6-7-8-9-10-11-12-20-27-21-17-22-28(34-29(32)23-15-13-18-25(2)3)31(27)35-30(33)24-16-14-19-26(4)5/h17,21-22,25-26H,6-16,18-20,23-24H2,1-5H3. The Bertz CT molecular complexity index is 708. The molecular formula is C31H52O4. The van der Waals surface area contributed by atoms with Crippen molar-refractivity contribution in [1.29, 1.82) is 0 Å². The SMILES string of the molecule is CCCCCCCCCc1cccc(OC(=O)CCCCC(C)C)c1OC(=O)CCCCC(C)C. The van der Waals surface area contributed by atoms with E-state index >= 15 is 0 Å². The number of rotatable bonds is 20. The van der Waals surface area contributed by atoms with Crippen LogP contribution >= 0.6 is 0 Å². The van der Waals surface area contributed by atoms with Crippen molar-refractivity contribution in [3.8, 4) is 11.5 Å². The molecule has 200 valence electrons. The number of hydrogen-bond donors (Lipinski definition) is 0. The van der Waals surface area contributed by atoms with Crippen LogP contribution in [0.3, 0.4) is 0 Å². The summed E-state index contributed by atoms with van der Waals surface area (Å²) in [5.74, 6) is 1.62. The van der Waals surface area contributed by atoms with E-state index < -0.39 is 0 Å². The predicted molar refractivity (Wildman–Crippen MR) is 146 cm³/mol. The summed E-state index contributed by atoms with van der Waals surface area (Å²) in [4.78, 5) is 25.1. The molecule has 0 saturated heterocycles. The fraction of sp³-hybridized carbons (Fsp3) is 0.742. The minimum Gasteiger partial charge on any atom is -0.423 e. The van der Waals surface area contributed by atoms with Gasteiger partial charge in [0, 0.05) is 12.8 Å². The van der Waals surface area contributed by atoms with Gasteiger partial charge in [-0.1, -0.05) is 111 Å². The van der Waals surface area contributed by atoms with E-state index in [0.717, 1.165) is 63.4 Å². The summed E-state index contributed by atoms with van der Waals surface area (Å²) in [5, 5.41) is 0. The largest absolute Gasteiger partial charge is 0.423 e. The lowest BCUT2D eigenvalue weighted by atomic mass is 10.0. The van der Waals surface area contributed by atoms with Gasteiger partial charge < -0.3 is 9.47 Å². The third-order valence-corrected chi connectivity index (χ3v) is 6.37. The molecule has 0 bridgehead atoms. The minimum absolute atomic E-state index is 0.241. The third kappa shape index (κ3) is 15.7. The molecule has 1 aromatic carbocycles. The monoisotopic (exact) mass is 488 g/mol. The molecule has 4 heteroatoms. The van der Waals surface area contributed by atoms with E-state index in [4.69, 9.17) is 9.47 Å². The zero-order valence-corrected chi connectivity index (χ0v) is 23.3. The maximum Gasteiger partial charge on any atom is 0.311 e. The molecule has 4 nitrogen and oxygen atoms in total. The summed E-state index contributed by atoms with van der Waals surface area (Å²) in [6.07, 6.45) is 16.1. The molecule has 0 fully saturated rings. The Labute approximate surface area is 215 Å². The normalized spacial score (nSPS) is 11.3. The molecule has 0 spiro atoms. The number of unbranched alkanes of at least 4 members (excludes halogenated alkanes) is 8. The maximum absolute atomic E-state index is 12.6. The Morgan fingerprint density at radius 1 is 0.686 bits per heavy atom. The predicted octanol–water partition coefficient (Wildman–Crippen LogP) is 9.22. The second-order valence-electron chi connectivity index (χ2n) is 10.8. The molecule has 1 rings (SSSR count). The summed E-state index contributed by atoms with van der Waals surface area (Å²) < 4.78 is 11.5. The molecule has 1 aromatic rings. The first kappa shape index (κ1) is 31.2. The molecule has 0 aromatic heterocycles. The fourth-order valence-corrected chi connectivity index (χ4v) is 4.21. The van der Waals surface area contributed by atoms with Crippen molar-refractivity contribution >= 4 is 11.9 Å². The van der Waals surface area contributed by atoms with Crippen LogP contribution in [0.15, 0.2) is 18.2 Å². The van der Waals surface area contributed by atoms with Crippen molar-refractivity contribution < 1.29 is 19.1 Å². The lowest BCUT2D eigenvalue weighted by Crippen LogP contribution is -2.13. The van der Waals surface area contributed by atoms with Gasteiger partial charge in [-0.2, -0.15) is 0 Å². The highest BCUT2D eigenvalue weighted by atomic mass is 16.6. The number of para-hydroxylation sites is 1. The minimum atomic E-state index is -0.254. The van der Waals surface area contributed by atoms with E-state index in [1.54, 1.807) is 6.07 Å². The number of carbonyl (C=O) groups is 2. The van der Waals surface area contributed by atoms with Gasteiger partial charge in [0.2, 0.25) is 0 Å². The average molecular weight is 489 g/mol. The van der Waals surface area contributed by atoms with Gasteiger partial charge in [0.15, 0.2) is 11.5 Å². The van der Waals surface area contributed by atoms with Crippen molar-refractivity contribution in [3.63, 3.8) is 0 Å². The Morgan fingerprint density at radius 3 is 1.80 bits per heavy atom. The van der Waals surface area contributed by atoms with Crippen LogP contribution in [0.5, 0.6) is 11.5 Å². The van der Waals surface area contributed by atoms with Crippen molar-refractivity contribution in [1.82, 2.24) is 0 Å². The molecule has 0 radical (unpaired) electrons. The summed E-state index contributed by atoms with van der Waals surface area (Å²) in [7, 11) is 0. The Morgan fingerprint density at radius 2 is 1.23 bits per heavy atom. The van der Waals surface area contributed by atoms with Crippen LogP contribution in [0.2, 0.25) is 0 Å². The second-order valence-corrected chi connectivity index (χ2v) is 10.8. The lowest BCUT2D eigenvalue weighted by Gasteiger charge is -2.15. The van der Waals surface area contributed by atoms with E-state index in [2.05, 4.69) is 34.6 Å². The molecule has 0 amide bonds. The van der Waals surface area contributed by atoms with E-state index in [9.17, 15) is 9.59 Å². The molecule has 0 unspecified atom stereocenters. The van der Waals surface area contributed by atoms with Gasteiger partial charge in [0.1, 0.15) is 0 Å². The van der Waals surface area contributed by atoms with Crippen molar-refractivity contribution in [2.75, 3.05) is 0 Å². The number of carbonyl (C=O) groups excluding carboxylic acids is 2. The number of aryl methyl sites for hydroxylation is 1. The number of benzene rings is 1. The Hall–Kier alpha value is -1.84. The quantitative estimate of drug-likeness (QED) is 0.104. The third-order valence-electron chi connectivity index (χ3n) is 6.37. The van der Waals surface area contributed by atoms with Crippen molar-refractivity contribution in [3.05, 3.63) is 23.8 Å². The van der Waals surface area contributed by atoms with Crippen LogP contribution in [-0.2, 0) is 16.0 Å². The highest BCUT2D eigenvalue weighted by Gasteiger charge is 2.18. The highest BCUT2D eigenvalue weighted by molar-refractivity contribution is 5.76. The van der Waals surface area contributed by atoms with Gasteiger partial charge >= 0.3 is 11.9 Å². The first-order valence-electron chi connectivity index (χ1n) is 14.4. The van der Waals surface area contributed by atoms with E-state index in [-0.39, 0.29) is 11.9 Å².